The second kappa shape index (κ2) is 9.38. The number of benzene rings is 1. The maximum Gasteiger partial charge on any atom is 0.435 e. The van der Waals surface area contributed by atoms with Crippen LogP contribution < -0.4 is 10.6 Å². The van der Waals surface area contributed by atoms with E-state index in [2.05, 4.69) is 20.7 Å². The molecule has 0 bridgehead atoms. The molecule has 8 nitrogen and oxygen atoms in total. The summed E-state index contributed by atoms with van der Waals surface area (Å²) < 4.78 is 40.9. The molecule has 0 aliphatic heterocycles. The number of nitrogens with one attached hydrogen (secondary N) is 2. The number of carbonyl (C=O) groups is 2. The molecule has 12 heteroatoms. The molecular formula is C23H18ClF3N6O2. The van der Waals surface area contributed by atoms with Gasteiger partial charge in [0.05, 0.1) is 27.9 Å². The summed E-state index contributed by atoms with van der Waals surface area (Å²) in [5.41, 5.74) is -1.15. The molecule has 1 aliphatic rings. The third-order valence-electron chi connectivity index (χ3n) is 5.37. The van der Waals surface area contributed by atoms with Gasteiger partial charge in [0.1, 0.15) is 5.69 Å². The number of alkyl halides is 3. The van der Waals surface area contributed by atoms with Crippen LogP contribution >= 0.6 is 11.6 Å². The fraction of sp³-hybridized carbons (Fsp3) is 0.261. The highest BCUT2D eigenvalue weighted by Crippen LogP contribution is 2.32. The van der Waals surface area contributed by atoms with Crippen LogP contribution in [0.2, 0.25) is 5.02 Å². The molecule has 1 saturated carbocycles. The number of hydrogen-bond acceptors (Lipinski definition) is 5. The van der Waals surface area contributed by atoms with Crippen molar-refractivity contribution in [1.82, 2.24) is 20.1 Å². The van der Waals surface area contributed by atoms with Crippen molar-refractivity contribution in [1.29, 1.82) is 5.26 Å². The van der Waals surface area contributed by atoms with Crippen LogP contribution in [0.5, 0.6) is 0 Å². The van der Waals surface area contributed by atoms with Crippen LogP contribution in [0.25, 0.3) is 5.82 Å². The molecule has 2 aromatic heterocycles. The Morgan fingerprint density at radius 2 is 2.00 bits per heavy atom. The third-order valence-corrected chi connectivity index (χ3v) is 5.66. The first-order valence-corrected chi connectivity index (χ1v) is 10.9. The van der Waals surface area contributed by atoms with Crippen LogP contribution in [-0.4, -0.2) is 33.1 Å². The highest BCUT2D eigenvalue weighted by atomic mass is 35.5. The van der Waals surface area contributed by atoms with Crippen molar-refractivity contribution < 1.29 is 22.8 Å². The van der Waals surface area contributed by atoms with E-state index in [1.165, 1.54) is 30.5 Å². The highest BCUT2D eigenvalue weighted by molar-refractivity contribution is 6.32. The van der Waals surface area contributed by atoms with Crippen LogP contribution in [0.1, 0.15) is 50.5 Å². The Morgan fingerprint density at radius 1 is 1.26 bits per heavy atom. The molecule has 0 radical (unpaired) electrons. The highest BCUT2D eigenvalue weighted by Gasteiger charge is 2.37. The number of hydrogen-bond donors (Lipinski definition) is 2. The van der Waals surface area contributed by atoms with Gasteiger partial charge in [-0.05, 0) is 55.5 Å². The predicted molar refractivity (Wildman–Crippen MR) is 120 cm³/mol. The summed E-state index contributed by atoms with van der Waals surface area (Å²) in [4.78, 5) is 30.0. The van der Waals surface area contributed by atoms with Crippen LogP contribution in [0.15, 0.2) is 36.5 Å². The van der Waals surface area contributed by atoms with Gasteiger partial charge in [-0.1, -0.05) is 11.6 Å². The van der Waals surface area contributed by atoms with Crippen molar-refractivity contribution in [3.05, 3.63) is 69.6 Å². The fourth-order valence-corrected chi connectivity index (χ4v) is 3.61. The molecule has 0 spiro atoms. The summed E-state index contributed by atoms with van der Waals surface area (Å²) >= 11 is 6.09. The molecule has 0 saturated heterocycles. The van der Waals surface area contributed by atoms with E-state index in [0.29, 0.717) is 28.8 Å². The van der Waals surface area contributed by atoms with Crippen LogP contribution in [0, 0.1) is 24.2 Å². The second-order valence-electron chi connectivity index (χ2n) is 8.07. The first kappa shape index (κ1) is 24.2. The van der Waals surface area contributed by atoms with Gasteiger partial charge in [0.25, 0.3) is 11.8 Å². The average molecular weight is 503 g/mol. The molecular weight excluding hydrogens is 485 g/mol. The Kier molecular flexibility index (Phi) is 6.49. The zero-order chi connectivity index (χ0) is 25.3. The zero-order valence-electron chi connectivity index (χ0n) is 18.3. The Balaban J connectivity index is 1.74. The maximum atomic E-state index is 13.4. The summed E-state index contributed by atoms with van der Waals surface area (Å²) in [6.45, 7) is 2.02. The number of anilines is 1. The number of carbonyl (C=O) groups excluding carboxylic acids is 2. The SMILES string of the molecule is Cc1cc(C#N)cc(C(=O)NCC2CC2)c1NC(=O)c1cc(C(F)(F)F)nn1-c1ncccc1Cl. The molecule has 1 aromatic carbocycles. The van der Waals surface area contributed by atoms with E-state index in [0.717, 1.165) is 12.8 Å². The van der Waals surface area contributed by atoms with Crippen molar-refractivity contribution >= 4 is 29.1 Å². The lowest BCUT2D eigenvalue weighted by Gasteiger charge is -2.15. The van der Waals surface area contributed by atoms with Gasteiger partial charge >= 0.3 is 6.18 Å². The molecule has 4 rings (SSSR count). The van der Waals surface area contributed by atoms with Crippen molar-refractivity contribution in [3.63, 3.8) is 0 Å². The molecule has 0 unspecified atom stereocenters. The minimum absolute atomic E-state index is 0.0203. The molecule has 35 heavy (non-hydrogen) atoms. The van der Waals surface area contributed by atoms with Gasteiger partial charge in [-0.2, -0.15) is 23.5 Å². The van der Waals surface area contributed by atoms with E-state index in [1.54, 1.807) is 6.92 Å². The number of amides is 2. The molecule has 0 atom stereocenters. The van der Waals surface area contributed by atoms with Crippen LogP contribution in [-0.2, 0) is 6.18 Å². The van der Waals surface area contributed by atoms with Gasteiger partial charge in [-0.25, -0.2) is 9.67 Å². The zero-order valence-corrected chi connectivity index (χ0v) is 19.0. The first-order chi connectivity index (χ1) is 16.6. The van der Waals surface area contributed by atoms with Gasteiger partial charge in [0, 0.05) is 18.8 Å². The molecule has 2 amide bonds. The minimum atomic E-state index is -4.83. The molecule has 2 heterocycles. The molecule has 180 valence electrons. The van der Waals surface area contributed by atoms with Gasteiger partial charge < -0.3 is 10.6 Å². The van der Waals surface area contributed by atoms with Crippen molar-refractivity contribution in [2.45, 2.75) is 25.9 Å². The first-order valence-electron chi connectivity index (χ1n) is 10.5. The Hall–Kier alpha value is -3.91. The maximum absolute atomic E-state index is 13.4. The van der Waals surface area contributed by atoms with Gasteiger partial charge in [0.2, 0.25) is 0 Å². The predicted octanol–water partition coefficient (Wildman–Crippen LogP) is 4.51. The fourth-order valence-electron chi connectivity index (χ4n) is 3.40. The Labute approximate surface area is 202 Å². The van der Waals surface area contributed by atoms with Crippen LogP contribution in [0.4, 0.5) is 18.9 Å². The number of halogens is 4. The normalized spacial score (nSPS) is 13.3. The lowest BCUT2D eigenvalue weighted by atomic mass is 10.0. The molecule has 1 aliphatic carbocycles. The van der Waals surface area contributed by atoms with Crippen LogP contribution in [0.3, 0.4) is 0 Å². The van der Waals surface area contributed by atoms with E-state index in [1.807, 2.05) is 6.07 Å². The number of aryl methyl sites for hydroxylation is 1. The largest absolute Gasteiger partial charge is 0.435 e. The minimum Gasteiger partial charge on any atom is -0.352 e. The molecule has 3 aromatic rings. The summed E-state index contributed by atoms with van der Waals surface area (Å²) in [6, 6.07) is 8.18. The quantitative estimate of drug-likeness (QED) is 0.515. The summed E-state index contributed by atoms with van der Waals surface area (Å²) in [5.74, 6) is -1.27. The average Bonchev–Trinajstić information content (AvgIpc) is 3.53. The van der Waals surface area contributed by atoms with E-state index in [-0.39, 0.29) is 27.7 Å². The van der Waals surface area contributed by atoms with E-state index in [4.69, 9.17) is 11.6 Å². The second-order valence-corrected chi connectivity index (χ2v) is 8.48. The lowest BCUT2D eigenvalue weighted by Crippen LogP contribution is -2.28. The van der Waals surface area contributed by atoms with Gasteiger partial charge in [-0.15, -0.1) is 0 Å². The number of rotatable bonds is 6. The third kappa shape index (κ3) is 5.27. The van der Waals surface area contributed by atoms with E-state index in [9.17, 15) is 28.0 Å². The number of pyridine rings is 1. The summed E-state index contributed by atoms with van der Waals surface area (Å²) in [6.07, 6.45) is -1.53. The summed E-state index contributed by atoms with van der Waals surface area (Å²) in [5, 5.41) is 18.1. The van der Waals surface area contributed by atoms with Crippen molar-refractivity contribution in [3.8, 4) is 11.9 Å². The van der Waals surface area contributed by atoms with Crippen molar-refractivity contribution in [2.75, 3.05) is 11.9 Å². The van der Waals surface area contributed by atoms with Gasteiger partial charge in [0.15, 0.2) is 11.5 Å². The number of aromatic nitrogens is 3. The monoisotopic (exact) mass is 502 g/mol. The smallest absolute Gasteiger partial charge is 0.352 e. The molecule has 2 N–H and O–H groups in total. The topological polar surface area (TPSA) is 113 Å². The number of nitriles is 1. The van der Waals surface area contributed by atoms with E-state index >= 15 is 0 Å². The molecule has 1 fully saturated rings. The standard InChI is InChI=1S/C23H18ClF3N6O2/c1-12-7-14(10-28)8-15(21(34)30-11-13-4-5-13)19(12)31-22(35)17-9-18(23(25,26)27)32-33(17)20-16(24)3-2-6-29-20/h2-3,6-9,13H,4-5,11H2,1H3,(H,30,34)(H,31,35). The van der Waals surface area contributed by atoms with Gasteiger partial charge in [-0.3, -0.25) is 9.59 Å². The number of nitrogens with zero attached hydrogens (tertiary/aromatic N) is 4. The lowest BCUT2D eigenvalue weighted by molar-refractivity contribution is -0.141. The summed E-state index contributed by atoms with van der Waals surface area (Å²) in [7, 11) is 0. The Morgan fingerprint density at radius 3 is 2.63 bits per heavy atom. The Bertz CT molecular complexity index is 1360. The van der Waals surface area contributed by atoms with Crippen molar-refractivity contribution in [2.24, 2.45) is 5.92 Å². The van der Waals surface area contributed by atoms with E-state index < -0.39 is 29.4 Å².